The highest BCUT2D eigenvalue weighted by atomic mass is 16.4. The lowest BCUT2D eigenvalue weighted by Gasteiger charge is -2.09. The highest BCUT2D eigenvalue weighted by molar-refractivity contribution is 5.75. The van der Waals surface area contributed by atoms with Crippen molar-refractivity contribution < 1.29 is 9.90 Å². The number of carbonyl (C=O) groups is 1. The Morgan fingerprint density at radius 1 is 1.67 bits per heavy atom. The number of nitrogens with two attached hydrogens (primary N) is 1. The number of nitrogens with zero attached hydrogens (tertiary/aromatic N) is 1. The summed E-state index contributed by atoms with van der Waals surface area (Å²) in [6, 6.07) is 0. The fourth-order valence-corrected chi connectivity index (χ4v) is 1.58. The van der Waals surface area contributed by atoms with Crippen LogP contribution in [-0.2, 0) is 11.8 Å². The van der Waals surface area contributed by atoms with Crippen molar-refractivity contribution in [3.8, 4) is 0 Å². The highest BCUT2D eigenvalue weighted by Crippen LogP contribution is 2.18. The third-order valence-electron chi connectivity index (χ3n) is 2.42. The van der Waals surface area contributed by atoms with Gasteiger partial charge in [-0.2, -0.15) is 0 Å². The average Bonchev–Trinajstić information content (AvgIpc) is 2.42. The second-order valence-corrected chi connectivity index (χ2v) is 3.48. The summed E-state index contributed by atoms with van der Waals surface area (Å²) < 4.78 is 1.27. The Hall–Kier alpha value is -1.56. The van der Waals surface area contributed by atoms with Crippen molar-refractivity contribution >= 4 is 5.97 Å². The smallest absolute Gasteiger partial charge is 0.312 e. The monoisotopic (exact) mass is 213 g/mol. The van der Waals surface area contributed by atoms with Crippen molar-refractivity contribution in [1.82, 2.24) is 9.78 Å². The molecule has 1 aromatic rings. The molecule has 0 aliphatic carbocycles. The number of aliphatic carboxylic acids is 1. The molecule has 1 atom stereocenters. The maximum absolute atomic E-state index is 11.4. The van der Waals surface area contributed by atoms with Crippen molar-refractivity contribution in [1.29, 1.82) is 0 Å². The Morgan fingerprint density at radius 3 is 2.60 bits per heavy atom. The third kappa shape index (κ3) is 2.10. The van der Waals surface area contributed by atoms with E-state index in [1.807, 2.05) is 0 Å². The summed E-state index contributed by atoms with van der Waals surface area (Å²) in [5, 5.41) is 11.7. The predicted octanol–water partition coefficient (Wildman–Crippen LogP) is -0.461. The fraction of sp³-hybridized carbons (Fsp3) is 0.556. The Balaban J connectivity index is 3.17. The van der Waals surface area contributed by atoms with Crippen molar-refractivity contribution in [2.45, 2.75) is 19.3 Å². The van der Waals surface area contributed by atoms with Gasteiger partial charge in [-0.25, -0.2) is 0 Å². The van der Waals surface area contributed by atoms with Gasteiger partial charge in [0.15, 0.2) is 0 Å². The second-order valence-electron chi connectivity index (χ2n) is 3.48. The first-order valence-corrected chi connectivity index (χ1v) is 4.67. The number of hydrogen-bond donors (Lipinski definition) is 3. The highest BCUT2D eigenvalue weighted by Gasteiger charge is 2.24. The van der Waals surface area contributed by atoms with E-state index in [2.05, 4.69) is 5.10 Å². The van der Waals surface area contributed by atoms with Gasteiger partial charge in [-0.05, 0) is 19.9 Å². The van der Waals surface area contributed by atoms with Crippen molar-refractivity contribution in [2.24, 2.45) is 12.8 Å². The van der Waals surface area contributed by atoms with E-state index in [9.17, 15) is 9.59 Å². The molecule has 1 unspecified atom stereocenters. The van der Waals surface area contributed by atoms with Gasteiger partial charge < -0.3 is 10.8 Å². The quantitative estimate of drug-likeness (QED) is 0.629. The van der Waals surface area contributed by atoms with Crippen molar-refractivity contribution in [3.05, 3.63) is 21.6 Å². The average molecular weight is 213 g/mol. The van der Waals surface area contributed by atoms with Gasteiger partial charge in [-0.1, -0.05) is 0 Å². The number of aromatic nitrogens is 2. The topological polar surface area (TPSA) is 101 Å². The molecular formula is C9H15N3O3. The first kappa shape index (κ1) is 11.5. The first-order valence-electron chi connectivity index (χ1n) is 4.67. The lowest BCUT2D eigenvalue weighted by molar-refractivity contribution is -0.139. The molecule has 1 aromatic heterocycles. The molecule has 0 saturated carbocycles. The molecule has 0 fully saturated rings. The van der Waals surface area contributed by atoms with E-state index in [0.717, 1.165) is 0 Å². The van der Waals surface area contributed by atoms with Gasteiger partial charge >= 0.3 is 5.97 Å². The van der Waals surface area contributed by atoms with Crippen molar-refractivity contribution in [3.63, 3.8) is 0 Å². The number of carboxylic acid groups (broad SMARTS) is 1. The molecule has 0 aliphatic rings. The zero-order chi connectivity index (χ0) is 11.6. The maximum atomic E-state index is 11.4. The number of carboxylic acids is 1. The zero-order valence-corrected chi connectivity index (χ0v) is 8.78. The van der Waals surface area contributed by atoms with Gasteiger partial charge in [0.2, 0.25) is 0 Å². The van der Waals surface area contributed by atoms with Crippen LogP contribution in [-0.4, -0.2) is 27.4 Å². The maximum Gasteiger partial charge on any atom is 0.312 e. The molecule has 0 radical (unpaired) electrons. The summed E-state index contributed by atoms with van der Waals surface area (Å²) in [5.41, 5.74) is 6.02. The number of rotatable bonds is 4. The Bertz CT molecular complexity index is 419. The van der Waals surface area contributed by atoms with Crippen LogP contribution in [0, 0.1) is 6.92 Å². The van der Waals surface area contributed by atoms with Crippen LogP contribution in [0.3, 0.4) is 0 Å². The molecule has 15 heavy (non-hydrogen) atoms. The molecule has 6 heteroatoms. The molecule has 1 rings (SSSR count). The van der Waals surface area contributed by atoms with Crippen LogP contribution in [0.1, 0.15) is 23.6 Å². The van der Waals surface area contributed by atoms with E-state index in [-0.39, 0.29) is 12.1 Å². The van der Waals surface area contributed by atoms with Gasteiger partial charge in [0.05, 0.1) is 11.6 Å². The van der Waals surface area contributed by atoms with Crippen LogP contribution in [0.25, 0.3) is 0 Å². The minimum atomic E-state index is -0.967. The SMILES string of the molecule is Cc1c(C(CCN)C(=O)O)[nH]n(C)c1=O. The molecule has 4 N–H and O–H groups in total. The summed E-state index contributed by atoms with van der Waals surface area (Å²) in [6.45, 7) is 1.88. The Labute approximate surface area is 86.7 Å². The van der Waals surface area contributed by atoms with E-state index in [4.69, 9.17) is 10.8 Å². The standard InChI is InChI=1S/C9H15N3O3/c1-5-7(11-12(2)8(5)13)6(3-4-10)9(14)15/h6,11H,3-4,10H2,1-2H3,(H,14,15). The number of nitrogens with one attached hydrogen (secondary N) is 1. The van der Waals surface area contributed by atoms with E-state index in [1.54, 1.807) is 14.0 Å². The lowest BCUT2D eigenvalue weighted by atomic mass is 9.99. The molecule has 0 amide bonds. The fourth-order valence-electron chi connectivity index (χ4n) is 1.58. The van der Waals surface area contributed by atoms with Crippen LogP contribution in [0.5, 0.6) is 0 Å². The van der Waals surface area contributed by atoms with Gasteiger partial charge in [0.1, 0.15) is 0 Å². The normalized spacial score (nSPS) is 12.7. The summed E-state index contributed by atoms with van der Waals surface area (Å²) in [6.07, 6.45) is 0.316. The Kier molecular flexibility index (Phi) is 3.31. The summed E-state index contributed by atoms with van der Waals surface area (Å²) in [4.78, 5) is 22.4. The van der Waals surface area contributed by atoms with Gasteiger partial charge in [0, 0.05) is 12.6 Å². The van der Waals surface area contributed by atoms with E-state index < -0.39 is 11.9 Å². The zero-order valence-electron chi connectivity index (χ0n) is 8.78. The summed E-state index contributed by atoms with van der Waals surface area (Å²) >= 11 is 0. The second kappa shape index (κ2) is 4.31. The van der Waals surface area contributed by atoms with E-state index >= 15 is 0 Å². The van der Waals surface area contributed by atoms with Crippen LogP contribution in [0.2, 0.25) is 0 Å². The lowest BCUT2D eigenvalue weighted by Crippen LogP contribution is -2.17. The van der Waals surface area contributed by atoms with Gasteiger partial charge in [-0.3, -0.25) is 19.4 Å². The molecule has 84 valence electrons. The molecule has 0 spiro atoms. The Morgan fingerprint density at radius 2 is 2.27 bits per heavy atom. The molecule has 1 heterocycles. The van der Waals surface area contributed by atoms with E-state index in [1.165, 1.54) is 4.68 Å². The van der Waals surface area contributed by atoms with Crippen LogP contribution >= 0.6 is 0 Å². The third-order valence-corrected chi connectivity index (χ3v) is 2.42. The molecular weight excluding hydrogens is 198 g/mol. The first-order chi connectivity index (χ1) is 6.99. The number of hydrogen-bond acceptors (Lipinski definition) is 3. The molecule has 6 nitrogen and oxygen atoms in total. The summed E-state index contributed by atoms with van der Waals surface area (Å²) in [5.74, 6) is -1.70. The molecule has 0 saturated heterocycles. The largest absolute Gasteiger partial charge is 0.481 e. The minimum absolute atomic E-state index is 0.201. The van der Waals surface area contributed by atoms with Crippen LogP contribution in [0.4, 0.5) is 0 Å². The van der Waals surface area contributed by atoms with Crippen LogP contribution < -0.4 is 11.3 Å². The van der Waals surface area contributed by atoms with Gasteiger partial charge in [0.25, 0.3) is 5.56 Å². The number of aryl methyl sites for hydroxylation is 1. The van der Waals surface area contributed by atoms with Gasteiger partial charge in [-0.15, -0.1) is 0 Å². The van der Waals surface area contributed by atoms with Crippen molar-refractivity contribution in [2.75, 3.05) is 6.54 Å². The molecule has 0 bridgehead atoms. The summed E-state index contributed by atoms with van der Waals surface area (Å²) in [7, 11) is 1.56. The molecule has 0 aliphatic heterocycles. The minimum Gasteiger partial charge on any atom is -0.481 e. The molecule has 0 aromatic carbocycles. The predicted molar refractivity (Wildman–Crippen MR) is 54.8 cm³/mol. The van der Waals surface area contributed by atoms with Crippen LogP contribution in [0.15, 0.2) is 4.79 Å². The van der Waals surface area contributed by atoms with E-state index in [0.29, 0.717) is 17.7 Å². The number of H-pyrrole nitrogens is 1. The number of aromatic amines is 1.